The van der Waals surface area contributed by atoms with Crippen molar-refractivity contribution in [3.05, 3.63) is 28.2 Å². The largest absolute Gasteiger partial charge is 0.380 e. The molecule has 1 aromatic carbocycles. The Balaban J connectivity index is 2.30. The summed E-state index contributed by atoms with van der Waals surface area (Å²) in [5.41, 5.74) is 0.878. The van der Waals surface area contributed by atoms with Crippen LogP contribution in [0.1, 0.15) is 12.0 Å². The number of alkyl halides is 1. The fourth-order valence-corrected chi connectivity index (χ4v) is 4.82. The Morgan fingerprint density at radius 1 is 1.53 bits per heavy atom. The summed E-state index contributed by atoms with van der Waals surface area (Å²) in [6.07, 6.45) is 0.711. The van der Waals surface area contributed by atoms with Crippen molar-refractivity contribution >= 4 is 37.6 Å². The minimum Gasteiger partial charge on any atom is -0.380 e. The molecule has 1 heterocycles. The number of benzene rings is 1. The first kappa shape index (κ1) is 15.3. The molecule has 0 spiro atoms. The number of sulfonamides is 1. The molecule has 7 heteroatoms. The monoisotopic (exact) mass is 367 g/mol. The van der Waals surface area contributed by atoms with E-state index in [0.717, 1.165) is 12.0 Å². The molecule has 1 aromatic rings. The van der Waals surface area contributed by atoms with Crippen LogP contribution in [0.5, 0.6) is 0 Å². The zero-order chi connectivity index (χ0) is 14.0. The Morgan fingerprint density at radius 2 is 2.26 bits per heavy atom. The second kappa shape index (κ2) is 6.10. The van der Waals surface area contributed by atoms with Gasteiger partial charge in [0.15, 0.2) is 0 Å². The molecule has 106 valence electrons. The predicted molar refractivity (Wildman–Crippen MR) is 77.9 cm³/mol. The maximum absolute atomic E-state index is 12.5. The van der Waals surface area contributed by atoms with Crippen LogP contribution in [-0.4, -0.2) is 39.0 Å². The third kappa shape index (κ3) is 3.13. The molecule has 0 saturated carbocycles. The number of ether oxygens (including phenoxy) is 1. The number of halogens is 2. The number of hydrogen-bond acceptors (Lipinski definition) is 3. The third-order valence-electron chi connectivity index (χ3n) is 3.21. The van der Waals surface area contributed by atoms with Gasteiger partial charge >= 0.3 is 0 Å². The van der Waals surface area contributed by atoms with Gasteiger partial charge in [0, 0.05) is 30.6 Å². The Bertz CT molecular complexity index is 564. The average molecular weight is 369 g/mol. The molecule has 0 aliphatic carbocycles. The van der Waals surface area contributed by atoms with Crippen LogP contribution in [0.3, 0.4) is 0 Å². The van der Waals surface area contributed by atoms with E-state index in [0.29, 0.717) is 23.4 Å². The van der Waals surface area contributed by atoms with Gasteiger partial charge in [0.2, 0.25) is 10.0 Å². The molecule has 1 atom stereocenters. The quantitative estimate of drug-likeness (QED) is 0.768. The van der Waals surface area contributed by atoms with Crippen molar-refractivity contribution in [1.29, 1.82) is 0 Å². The van der Waals surface area contributed by atoms with E-state index in [4.69, 9.17) is 16.3 Å². The van der Waals surface area contributed by atoms with Gasteiger partial charge in [-0.25, -0.2) is 8.42 Å². The van der Waals surface area contributed by atoms with Crippen molar-refractivity contribution in [2.75, 3.05) is 20.2 Å². The molecule has 0 amide bonds. The lowest BCUT2D eigenvalue weighted by atomic mass is 10.2. The second-order valence-corrected chi connectivity index (χ2v) is 7.44. The molecule has 1 fully saturated rings. The number of nitrogens with zero attached hydrogens (tertiary/aromatic N) is 1. The summed E-state index contributed by atoms with van der Waals surface area (Å²) in [4.78, 5) is 0.276. The zero-order valence-corrected chi connectivity index (χ0v) is 13.6. The number of rotatable bonds is 4. The van der Waals surface area contributed by atoms with Gasteiger partial charge in [-0.1, -0.05) is 6.07 Å². The van der Waals surface area contributed by atoms with Crippen LogP contribution in [0.15, 0.2) is 27.6 Å². The molecule has 0 bridgehead atoms. The van der Waals surface area contributed by atoms with E-state index < -0.39 is 10.0 Å². The Labute approximate surface area is 126 Å². The summed E-state index contributed by atoms with van der Waals surface area (Å²) in [6.45, 7) is 0.896. The van der Waals surface area contributed by atoms with E-state index in [1.807, 2.05) is 0 Å². The Hall–Kier alpha value is -0.140. The summed E-state index contributed by atoms with van der Waals surface area (Å²) < 4.78 is 32.3. The molecule has 1 unspecified atom stereocenters. The van der Waals surface area contributed by atoms with E-state index in [1.54, 1.807) is 25.3 Å². The summed E-state index contributed by atoms with van der Waals surface area (Å²) in [6, 6.07) is 5.07. The van der Waals surface area contributed by atoms with Crippen LogP contribution in [0, 0.1) is 0 Å². The first-order chi connectivity index (χ1) is 8.98. The molecule has 19 heavy (non-hydrogen) atoms. The smallest absolute Gasteiger partial charge is 0.244 e. The molecule has 0 aromatic heterocycles. The van der Waals surface area contributed by atoms with Crippen LogP contribution >= 0.6 is 27.5 Å². The SMILES string of the molecule is COC1CCN(S(=O)(=O)c2ccc(CCl)cc2Br)C1. The lowest BCUT2D eigenvalue weighted by Gasteiger charge is -2.17. The van der Waals surface area contributed by atoms with Crippen LogP contribution in [-0.2, 0) is 20.6 Å². The van der Waals surface area contributed by atoms with E-state index in [2.05, 4.69) is 15.9 Å². The molecule has 2 rings (SSSR count). The lowest BCUT2D eigenvalue weighted by Crippen LogP contribution is -2.30. The van der Waals surface area contributed by atoms with Crippen LogP contribution in [0.2, 0.25) is 0 Å². The molecule has 1 aliphatic rings. The van der Waals surface area contributed by atoms with Gasteiger partial charge < -0.3 is 4.74 Å². The van der Waals surface area contributed by atoms with Gasteiger partial charge in [-0.05, 0) is 40.0 Å². The highest BCUT2D eigenvalue weighted by Gasteiger charge is 2.33. The number of hydrogen-bond donors (Lipinski definition) is 0. The summed E-state index contributed by atoms with van der Waals surface area (Å²) in [7, 11) is -1.87. The first-order valence-corrected chi connectivity index (χ1v) is 8.63. The molecule has 1 aliphatic heterocycles. The van der Waals surface area contributed by atoms with E-state index >= 15 is 0 Å². The maximum Gasteiger partial charge on any atom is 0.244 e. The van der Waals surface area contributed by atoms with Gasteiger partial charge in [0.1, 0.15) is 0 Å². The van der Waals surface area contributed by atoms with E-state index in [-0.39, 0.29) is 11.0 Å². The zero-order valence-electron chi connectivity index (χ0n) is 10.5. The first-order valence-electron chi connectivity index (χ1n) is 5.86. The van der Waals surface area contributed by atoms with Gasteiger partial charge in [-0.3, -0.25) is 0 Å². The molecule has 0 N–H and O–H groups in total. The Morgan fingerprint density at radius 3 is 2.79 bits per heavy atom. The van der Waals surface area contributed by atoms with Crippen molar-refractivity contribution in [2.24, 2.45) is 0 Å². The topological polar surface area (TPSA) is 46.6 Å². The van der Waals surface area contributed by atoms with Gasteiger partial charge in [0.25, 0.3) is 0 Å². The normalized spacial score (nSPS) is 20.9. The Kier molecular flexibility index (Phi) is 4.89. The van der Waals surface area contributed by atoms with Crippen molar-refractivity contribution < 1.29 is 13.2 Å². The van der Waals surface area contributed by atoms with E-state index in [9.17, 15) is 8.42 Å². The highest BCUT2D eigenvalue weighted by molar-refractivity contribution is 9.10. The van der Waals surface area contributed by atoms with Gasteiger partial charge in [-0.2, -0.15) is 4.31 Å². The van der Waals surface area contributed by atoms with Gasteiger partial charge in [-0.15, -0.1) is 11.6 Å². The maximum atomic E-state index is 12.5. The standard InChI is InChI=1S/C12H15BrClNO3S/c1-18-10-4-5-15(8-10)19(16,17)12-3-2-9(7-14)6-11(12)13/h2-3,6,10H,4-5,7-8H2,1H3. The van der Waals surface area contributed by atoms with Crippen molar-refractivity contribution in [3.63, 3.8) is 0 Å². The van der Waals surface area contributed by atoms with E-state index in [1.165, 1.54) is 4.31 Å². The average Bonchev–Trinajstić information content (AvgIpc) is 2.87. The minimum absolute atomic E-state index is 0.0179. The molecule has 1 saturated heterocycles. The molecular formula is C12H15BrClNO3S. The molecule has 0 radical (unpaired) electrons. The van der Waals surface area contributed by atoms with Crippen molar-refractivity contribution in [1.82, 2.24) is 4.31 Å². The molecule has 4 nitrogen and oxygen atoms in total. The van der Waals surface area contributed by atoms with Crippen LogP contribution < -0.4 is 0 Å². The molecular weight excluding hydrogens is 354 g/mol. The lowest BCUT2D eigenvalue weighted by molar-refractivity contribution is 0.115. The summed E-state index contributed by atoms with van der Waals surface area (Å²) in [5, 5.41) is 0. The highest BCUT2D eigenvalue weighted by Crippen LogP contribution is 2.29. The van der Waals surface area contributed by atoms with Gasteiger partial charge in [0.05, 0.1) is 11.0 Å². The fourth-order valence-electron chi connectivity index (χ4n) is 2.08. The minimum atomic E-state index is -3.47. The summed E-state index contributed by atoms with van der Waals surface area (Å²) in [5.74, 6) is 0.356. The van der Waals surface area contributed by atoms with Crippen LogP contribution in [0.4, 0.5) is 0 Å². The summed E-state index contributed by atoms with van der Waals surface area (Å²) >= 11 is 9.04. The van der Waals surface area contributed by atoms with Crippen LogP contribution in [0.25, 0.3) is 0 Å². The fraction of sp³-hybridized carbons (Fsp3) is 0.500. The predicted octanol–water partition coefficient (Wildman–Crippen LogP) is 2.60. The number of methoxy groups -OCH3 is 1. The second-order valence-electron chi connectivity index (χ2n) is 4.41. The van der Waals surface area contributed by atoms with Crippen molar-refractivity contribution in [3.8, 4) is 0 Å². The third-order valence-corrected chi connectivity index (χ3v) is 6.36. The van der Waals surface area contributed by atoms with Crippen molar-refractivity contribution in [2.45, 2.75) is 23.3 Å². The highest BCUT2D eigenvalue weighted by atomic mass is 79.9.